The largest absolute Gasteiger partial charge is 0.378 e. The summed E-state index contributed by atoms with van der Waals surface area (Å²) < 4.78 is 45.9. The van der Waals surface area contributed by atoms with Crippen molar-refractivity contribution in [3.63, 3.8) is 0 Å². The number of halogens is 2. The third kappa shape index (κ3) is 3.26. The van der Waals surface area contributed by atoms with Crippen LogP contribution in [0.3, 0.4) is 0 Å². The molecule has 2 aromatic rings. The molecule has 1 atom stereocenters. The highest BCUT2D eigenvalue weighted by atomic mass is 35.5. The second kappa shape index (κ2) is 6.57. The number of rotatable bonds is 3. The van der Waals surface area contributed by atoms with Crippen LogP contribution in [0.2, 0.25) is 5.02 Å². The number of sulfonamides is 1. The number of morpholine rings is 1. The van der Waals surface area contributed by atoms with E-state index in [4.69, 9.17) is 16.3 Å². The Hall–Kier alpha value is -1.47. The molecule has 0 aromatic heterocycles. The van der Waals surface area contributed by atoms with Gasteiger partial charge in [-0.3, -0.25) is 0 Å². The number of hydrogen-bond acceptors (Lipinski definition) is 3. The zero-order valence-electron chi connectivity index (χ0n) is 12.2. The lowest BCUT2D eigenvalue weighted by atomic mass is 10.1. The quantitative estimate of drug-likeness (QED) is 0.849. The average molecular weight is 356 g/mol. The van der Waals surface area contributed by atoms with Crippen LogP contribution in [0.1, 0.15) is 11.6 Å². The normalized spacial score (nSPS) is 19.7. The Labute approximate surface area is 139 Å². The van der Waals surface area contributed by atoms with Crippen molar-refractivity contribution in [3.8, 4) is 0 Å². The van der Waals surface area contributed by atoms with E-state index in [2.05, 4.69) is 0 Å². The number of benzene rings is 2. The molecule has 1 saturated heterocycles. The van der Waals surface area contributed by atoms with Gasteiger partial charge in [0.25, 0.3) is 0 Å². The molecule has 4 nitrogen and oxygen atoms in total. The van der Waals surface area contributed by atoms with E-state index in [1.54, 1.807) is 30.3 Å². The lowest BCUT2D eigenvalue weighted by Gasteiger charge is -2.35. The highest BCUT2D eigenvalue weighted by Gasteiger charge is 2.36. The summed E-state index contributed by atoms with van der Waals surface area (Å²) in [6.45, 7) is 0.742. The van der Waals surface area contributed by atoms with Gasteiger partial charge in [0.2, 0.25) is 10.0 Å². The van der Waals surface area contributed by atoms with Crippen LogP contribution in [-0.2, 0) is 14.8 Å². The van der Waals surface area contributed by atoms with E-state index in [-0.39, 0.29) is 28.9 Å². The maximum absolute atomic E-state index is 13.1. The van der Waals surface area contributed by atoms with Crippen molar-refractivity contribution in [2.75, 3.05) is 19.8 Å². The topological polar surface area (TPSA) is 46.6 Å². The van der Waals surface area contributed by atoms with Crippen molar-refractivity contribution in [3.05, 3.63) is 64.9 Å². The van der Waals surface area contributed by atoms with Crippen molar-refractivity contribution < 1.29 is 17.5 Å². The van der Waals surface area contributed by atoms with E-state index in [0.717, 1.165) is 0 Å². The first kappa shape index (κ1) is 16.4. The third-order valence-electron chi connectivity index (χ3n) is 3.76. The maximum Gasteiger partial charge on any atom is 0.245 e. The molecular weight excluding hydrogens is 341 g/mol. The first-order chi connectivity index (χ1) is 11.0. The van der Waals surface area contributed by atoms with Gasteiger partial charge in [-0.1, -0.05) is 35.9 Å². The molecule has 3 rings (SSSR count). The number of ether oxygens (including phenoxy) is 1. The summed E-state index contributed by atoms with van der Waals surface area (Å²) in [4.78, 5) is 0.0654. The molecular formula is C16H15ClFNO3S. The SMILES string of the molecule is O=S(=O)(c1ccccc1Cl)N1CCOCC1c1ccc(F)cc1. The Kier molecular flexibility index (Phi) is 4.68. The van der Waals surface area contributed by atoms with Crippen molar-refractivity contribution >= 4 is 21.6 Å². The summed E-state index contributed by atoms with van der Waals surface area (Å²) >= 11 is 6.06. The fraction of sp³-hybridized carbons (Fsp3) is 0.250. The molecule has 122 valence electrons. The predicted octanol–water partition coefficient (Wildman–Crippen LogP) is 3.24. The van der Waals surface area contributed by atoms with Gasteiger partial charge in [-0.15, -0.1) is 0 Å². The van der Waals surface area contributed by atoms with Crippen LogP contribution < -0.4 is 0 Å². The van der Waals surface area contributed by atoms with E-state index in [1.807, 2.05) is 0 Å². The van der Waals surface area contributed by atoms with E-state index >= 15 is 0 Å². The Morgan fingerprint density at radius 1 is 1.13 bits per heavy atom. The smallest absolute Gasteiger partial charge is 0.245 e. The first-order valence-corrected chi connectivity index (χ1v) is 8.91. The van der Waals surface area contributed by atoms with Gasteiger partial charge in [0.1, 0.15) is 10.7 Å². The van der Waals surface area contributed by atoms with E-state index in [1.165, 1.54) is 22.5 Å². The van der Waals surface area contributed by atoms with Crippen molar-refractivity contribution in [1.82, 2.24) is 4.31 Å². The fourth-order valence-electron chi connectivity index (χ4n) is 2.60. The van der Waals surface area contributed by atoms with E-state index in [9.17, 15) is 12.8 Å². The molecule has 0 spiro atoms. The molecule has 1 unspecified atom stereocenters. The van der Waals surface area contributed by atoms with Crippen LogP contribution in [0, 0.1) is 5.82 Å². The van der Waals surface area contributed by atoms with E-state index in [0.29, 0.717) is 12.2 Å². The predicted molar refractivity (Wildman–Crippen MR) is 85.3 cm³/mol. The molecule has 23 heavy (non-hydrogen) atoms. The van der Waals surface area contributed by atoms with Gasteiger partial charge in [0.05, 0.1) is 24.3 Å². The molecule has 0 radical (unpaired) electrons. The second-order valence-electron chi connectivity index (χ2n) is 5.19. The molecule has 1 aliphatic heterocycles. The molecule has 1 aliphatic rings. The van der Waals surface area contributed by atoms with Gasteiger partial charge < -0.3 is 4.74 Å². The molecule has 2 aromatic carbocycles. The van der Waals surface area contributed by atoms with Crippen molar-refractivity contribution in [2.24, 2.45) is 0 Å². The first-order valence-electron chi connectivity index (χ1n) is 7.10. The Bertz CT molecular complexity index is 795. The molecule has 0 N–H and O–H groups in total. The van der Waals surface area contributed by atoms with Gasteiger partial charge in [-0.05, 0) is 29.8 Å². The summed E-state index contributed by atoms with van der Waals surface area (Å²) in [5, 5.41) is 0.178. The Morgan fingerprint density at radius 3 is 2.52 bits per heavy atom. The average Bonchev–Trinajstić information content (AvgIpc) is 2.56. The molecule has 0 saturated carbocycles. The minimum Gasteiger partial charge on any atom is -0.378 e. The summed E-state index contributed by atoms with van der Waals surface area (Å²) in [7, 11) is -3.77. The van der Waals surface area contributed by atoms with Gasteiger partial charge >= 0.3 is 0 Å². The third-order valence-corrected chi connectivity index (χ3v) is 6.17. The lowest BCUT2D eigenvalue weighted by molar-refractivity contribution is 0.0320. The molecule has 1 fully saturated rings. The molecule has 0 amide bonds. The van der Waals surface area contributed by atoms with Crippen LogP contribution in [0.4, 0.5) is 4.39 Å². The second-order valence-corrected chi connectivity index (χ2v) is 7.45. The van der Waals surface area contributed by atoms with Gasteiger partial charge in [-0.2, -0.15) is 4.31 Å². The molecule has 0 bridgehead atoms. The summed E-state index contributed by atoms with van der Waals surface area (Å²) in [5.74, 6) is -0.369. The summed E-state index contributed by atoms with van der Waals surface area (Å²) in [6.07, 6.45) is 0. The molecule has 0 aliphatic carbocycles. The minimum absolute atomic E-state index is 0.0654. The fourth-order valence-corrected chi connectivity index (χ4v) is 4.68. The highest BCUT2D eigenvalue weighted by Crippen LogP contribution is 2.32. The van der Waals surface area contributed by atoms with Crippen molar-refractivity contribution in [1.29, 1.82) is 0 Å². The Balaban J connectivity index is 2.01. The lowest BCUT2D eigenvalue weighted by Crippen LogP contribution is -2.43. The van der Waals surface area contributed by atoms with Crippen LogP contribution in [0.5, 0.6) is 0 Å². The van der Waals surface area contributed by atoms with Gasteiger partial charge in [0.15, 0.2) is 0 Å². The summed E-state index contributed by atoms with van der Waals surface area (Å²) in [5.41, 5.74) is 0.682. The zero-order valence-corrected chi connectivity index (χ0v) is 13.7. The standard InChI is InChI=1S/C16H15ClFNO3S/c17-14-3-1-2-4-16(14)23(20,21)19-9-10-22-11-15(19)12-5-7-13(18)8-6-12/h1-8,15H,9-11H2. The minimum atomic E-state index is -3.77. The van der Waals surface area contributed by atoms with Gasteiger partial charge in [-0.25, -0.2) is 12.8 Å². The van der Waals surface area contributed by atoms with E-state index < -0.39 is 16.1 Å². The zero-order chi connectivity index (χ0) is 16.4. The van der Waals surface area contributed by atoms with Crippen LogP contribution >= 0.6 is 11.6 Å². The van der Waals surface area contributed by atoms with Crippen LogP contribution in [0.25, 0.3) is 0 Å². The number of nitrogens with zero attached hydrogens (tertiary/aromatic N) is 1. The monoisotopic (exact) mass is 355 g/mol. The number of hydrogen-bond donors (Lipinski definition) is 0. The van der Waals surface area contributed by atoms with Crippen LogP contribution in [0.15, 0.2) is 53.4 Å². The maximum atomic E-state index is 13.1. The summed E-state index contributed by atoms with van der Waals surface area (Å²) in [6, 6.07) is 11.6. The molecule has 7 heteroatoms. The Morgan fingerprint density at radius 2 is 1.83 bits per heavy atom. The highest BCUT2D eigenvalue weighted by molar-refractivity contribution is 7.89. The van der Waals surface area contributed by atoms with Gasteiger partial charge in [0, 0.05) is 6.54 Å². The van der Waals surface area contributed by atoms with Crippen molar-refractivity contribution in [2.45, 2.75) is 10.9 Å². The van der Waals surface area contributed by atoms with Crippen LogP contribution in [-0.4, -0.2) is 32.5 Å². The molecule has 1 heterocycles.